The van der Waals surface area contributed by atoms with Crippen molar-refractivity contribution in [3.63, 3.8) is 0 Å². The Bertz CT molecular complexity index is 944. The van der Waals surface area contributed by atoms with Gasteiger partial charge in [-0.2, -0.15) is 0 Å². The van der Waals surface area contributed by atoms with Gasteiger partial charge in [-0.1, -0.05) is 48.5 Å². The van der Waals surface area contributed by atoms with Crippen molar-refractivity contribution in [2.45, 2.75) is 38.5 Å². The van der Waals surface area contributed by atoms with E-state index in [2.05, 4.69) is 5.32 Å². The molecule has 1 N–H and O–H groups in total. The normalized spacial score (nSPS) is 28.7. The van der Waals surface area contributed by atoms with E-state index in [1.165, 1.54) is 4.90 Å². The molecule has 29 heavy (non-hydrogen) atoms. The molecule has 4 atom stereocenters. The van der Waals surface area contributed by atoms with E-state index in [4.69, 9.17) is 4.74 Å². The molecule has 2 aromatic rings. The molecule has 0 saturated carbocycles. The van der Waals surface area contributed by atoms with E-state index in [1.54, 1.807) is 45.0 Å². The molecule has 4 rings (SSSR count). The van der Waals surface area contributed by atoms with Crippen LogP contribution in [0, 0.1) is 11.8 Å². The number of carbonyl (C=O) groups excluding carboxylic acids is 3. The van der Waals surface area contributed by atoms with Gasteiger partial charge in [-0.25, -0.2) is 4.90 Å². The fraction of sp³-hybridized carbons (Fsp3) is 0.348. The zero-order valence-corrected chi connectivity index (χ0v) is 16.7. The SMILES string of the molecule is CC(C)OC(=O)[C@]1(C)N[C@H](c2ccccc2)[C@@H]2C(=O)N(c3ccccc3)C(=O)[C@@H]21. The van der Waals surface area contributed by atoms with Gasteiger partial charge in [0, 0.05) is 6.04 Å². The molecular weight excluding hydrogens is 368 g/mol. The first kappa shape index (κ1) is 19.3. The number of benzene rings is 2. The van der Waals surface area contributed by atoms with Crippen molar-refractivity contribution in [2.24, 2.45) is 11.8 Å². The summed E-state index contributed by atoms with van der Waals surface area (Å²) in [5.41, 5.74) is 0.0778. The van der Waals surface area contributed by atoms with Gasteiger partial charge in [0.15, 0.2) is 0 Å². The van der Waals surface area contributed by atoms with E-state index in [-0.39, 0.29) is 17.9 Å². The predicted octanol–water partition coefficient (Wildman–Crippen LogP) is 2.85. The largest absolute Gasteiger partial charge is 0.462 e. The number of ether oxygens (including phenoxy) is 1. The third-order valence-electron chi connectivity index (χ3n) is 5.73. The Kier molecular flexibility index (Phi) is 4.74. The second-order valence-electron chi connectivity index (χ2n) is 8.04. The molecule has 2 saturated heterocycles. The zero-order valence-electron chi connectivity index (χ0n) is 16.7. The molecule has 6 heteroatoms. The van der Waals surface area contributed by atoms with Gasteiger partial charge in [-0.3, -0.25) is 19.7 Å². The number of carbonyl (C=O) groups is 3. The lowest BCUT2D eigenvalue weighted by Crippen LogP contribution is -2.54. The topological polar surface area (TPSA) is 75.7 Å². The molecule has 0 unspecified atom stereocenters. The molecule has 0 bridgehead atoms. The molecule has 2 aromatic carbocycles. The summed E-state index contributed by atoms with van der Waals surface area (Å²) in [7, 11) is 0. The lowest BCUT2D eigenvalue weighted by molar-refractivity contribution is -0.157. The summed E-state index contributed by atoms with van der Waals surface area (Å²) in [5.74, 6) is -2.72. The van der Waals surface area contributed by atoms with Gasteiger partial charge in [0.25, 0.3) is 0 Å². The molecular formula is C23H24N2O4. The lowest BCUT2D eigenvalue weighted by Gasteiger charge is -2.30. The minimum Gasteiger partial charge on any atom is -0.462 e. The molecule has 2 amide bonds. The smallest absolute Gasteiger partial charge is 0.327 e. The number of para-hydroxylation sites is 1. The summed E-state index contributed by atoms with van der Waals surface area (Å²) < 4.78 is 5.47. The fourth-order valence-electron chi connectivity index (χ4n) is 4.44. The van der Waals surface area contributed by atoms with Crippen LogP contribution < -0.4 is 10.2 Å². The third kappa shape index (κ3) is 3.04. The number of nitrogens with one attached hydrogen (secondary N) is 1. The van der Waals surface area contributed by atoms with E-state index in [1.807, 2.05) is 36.4 Å². The number of imide groups is 1. The Hall–Kier alpha value is -2.99. The van der Waals surface area contributed by atoms with Crippen molar-refractivity contribution >= 4 is 23.5 Å². The Labute approximate surface area is 169 Å². The first-order chi connectivity index (χ1) is 13.8. The number of anilines is 1. The van der Waals surface area contributed by atoms with Crippen LogP contribution in [0.15, 0.2) is 60.7 Å². The number of fused-ring (bicyclic) bond motifs is 1. The summed E-state index contributed by atoms with van der Waals surface area (Å²) in [5, 5.41) is 3.28. The van der Waals surface area contributed by atoms with E-state index < -0.39 is 29.4 Å². The average Bonchev–Trinajstić information content (AvgIpc) is 3.17. The molecule has 0 aromatic heterocycles. The Morgan fingerprint density at radius 1 is 1.00 bits per heavy atom. The van der Waals surface area contributed by atoms with Crippen LogP contribution in [0.2, 0.25) is 0 Å². The predicted molar refractivity (Wildman–Crippen MR) is 108 cm³/mol. The zero-order chi connectivity index (χ0) is 20.8. The van der Waals surface area contributed by atoms with Crippen LogP contribution in [0.25, 0.3) is 0 Å². The molecule has 0 aliphatic carbocycles. The third-order valence-corrected chi connectivity index (χ3v) is 5.73. The maximum absolute atomic E-state index is 13.4. The Morgan fingerprint density at radius 2 is 1.59 bits per heavy atom. The summed E-state index contributed by atoms with van der Waals surface area (Å²) in [6, 6.07) is 17.8. The van der Waals surface area contributed by atoms with Crippen molar-refractivity contribution < 1.29 is 19.1 Å². The van der Waals surface area contributed by atoms with Crippen LogP contribution >= 0.6 is 0 Å². The minimum atomic E-state index is -1.30. The quantitative estimate of drug-likeness (QED) is 0.640. The summed E-state index contributed by atoms with van der Waals surface area (Å²) in [6.07, 6.45) is -0.326. The van der Waals surface area contributed by atoms with Gasteiger partial charge >= 0.3 is 5.97 Å². The van der Waals surface area contributed by atoms with Gasteiger partial charge in [0.05, 0.1) is 23.6 Å². The number of hydrogen-bond acceptors (Lipinski definition) is 5. The van der Waals surface area contributed by atoms with Crippen LogP contribution in [-0.4, -0.2) is 29.4 Å². The maximum atomic E-state index is 13.4. The highest BCUT2D eigenvalue weighted by molar-refractivity contribution is 6.24. The Morgan fingerprint density at radius 3 is 2.17 bits per heavy atom. The number of nitrogens with zero attached hydrogens (tertiary/aromatic N) is 1. The maximum Gasteiger partial charge on any atom is 0.327 e. The van der Waals surface area contributed by atoms with Gasteiger partial charge in [0.2, 0.25) is 11.8 Å². The van der Waals surface area contributed by atoms with Crippen molar-refractivity contribution in [2.75, 3.05) is 4.90 Å². The second-order valence-corrected chi connectivity index (χ2v) is 8.04. The van der Waals surface area contributed by atoms with Gasteiger partial charge in [0.1, 0.15) is 5.54 Å². The van der Waals surface area contributed by atoms with Gasteiger partial charge in [-0.15, -0.1) is 0 Å². The number of amides is 2. The molecule has 2 aliphatic rings. The van der Waals surface area contributed by atoms with Crippen LogP contribution in [0.1, 0.15) is 32.4 Å². The molecule has 0 spiro atoms. The van der Waals surface area contributed by atoms with Gasteiger partial charge in [-0.05, 0) is 38.5 Å². The average molecular weight is 392 g/mol. The van der Waals surface area contributed by atoms with E-state index >= 15 is 0 Å². The summed E-state index contributed by atoms with van der Waals surface area (Å²) in [4.78, 5) is 41.1. The molecule has 2 fully saturated rings. The highest BCUT2D eigenvalue weighted by Crippen LogP contribution is 2.49. The standard InChI is InChI=1S/C23H24N2O4/c1-14(2)29-22(28)23(3)18-17(19(24-23)15-10-6-4-7-11-15)20(26)25(21(18)27)16-12-8-5-9-13-16/h4-14,17-19,24H,1-3H3/t17-,18-,19-,23-/m1/s1. The number of rotatable bonds is 4. The highest BCUT2D eigenvalue weighted by atomic mass is 16.5. The first-order valence-electron chi connectivity index (χ1n) is 9.81. The Balaban J connectivity index is 1.80. The molecule has 0 radical (unpaired) electrons. The lowest BCUT2D eigenvalue weighted by atomic mass is 9.80. The first-order valence-corrected chi connectivity index (χ1v) is 9.81. The number of esters is 1. The molecule has 2 heterocycles. The van der Waals surface area contributed by atoms with Crippen molar-refractivity contribution in [1.29, 1.82) is 0 Å². The van der Waals surface area contributed by atoms with Crippen LogP contribution in [0.4, 0.5) is 5.69 Å². The fourth-order valence-corrected chi connectivity index (χ4v) is 4.44. The second kappa shape index (κ2) is 7.12. The van der Waals surface area contributed by atoms with Crippen molar-refractivity contribution in [3.8, 4) is 0 Å². The van der Waals surface area contributed by atoms with Crippen molar-refractivity contribution in [3.05, 3.63) is 66.2 Å². The highest BCUT2D eigenvalue weighted by Gasteiger charge is 2.67. The van der Waals surface area contributed by atoms with E-state index in [0.29, 0.717) is 5.69 Å². The van der Waals surface area contributed by atoms with Crippen LogP contribution in [-0.2, 0) is 19.1 Å². The number of hydrogen-bond donors (Lipinski definition) is 1. The summed E-state index contributed by atoms with van der Waals surface area (Å²) >= 11 is 0. The van der Waals surface area contributed by atoms with Crippen LogP contribution in [0.5, 0.6) is 0 Å². The van der Waals surface area contributed by atoms with Gasteiger partial charge < -0.3 is 4.74 Å². The van der Waals surface area contributed by atoms with E-state index in [9.17, 15) is 14.4 Å². The van der Waals surface area contributed by atoms with Crippen LogP contribution in [0.3, 0.4) is 0 Å². The van der Waals surface area contributed by atoms with E-state index in [0.717, 1.165) is 5.56 Å². The van der Waals surface area contributed by atoms with Crippen molar-refractivity contribution in [1.82, 2.24) is 5.32 Å². The monoisotopic (exact) mass is 392 g/mol. The molecule has 6 nitrogen and oxygen atoms in total. The minimum absolute atomic E-state index is 0.298. The summed E-state index contributed by atoms with van der Waals surface area (Å²) in [6.45, 7) is 5.19. The molecule has 150 valence electrons. The molecule has 2 aliphatic heterocycles.